The fraction of sp³-hybridized carbons (Fsp3) is 0.533. The van der Waals surface area contributed by atoms with Crippen molar-refractivity contribution in [2.24, 2.45) is 0 Å². The Morgan fingerprint density at radius 1 is 1.32 bits per heavy atom. The molecule has 1 aromatic rings. The molecule has 0 spiro atoms. The molecular formula is C15H22N2O2. The predicted octanol–water partition coefficient (Wildman–Crippen LogP) is 1.49. The molecule has 2 N–H and O–H groups in total. The van der Waals surface area contributed by atoms with Crippen molar-refractivity contribution in [2.75, 3.05) is 32.7 Å². The third-order valence-electron chi connectivity index (χ3n) is 3.61. The van der Waals surface area contributed by atoms with Crippen LogP contribution in [0.25, 0.3) is 0 Å². The Hall–Kier alpha value is -1.39. The summed E-state index contributed by atoms with van der Waals surface area (Å²) < 4.78 is 0. The Bertz CT molecular complexity index is 465. The molecule has 0 aromatic heterocycles. The van der Waals surface area contributed by atoms with Gasteiger partial charge in [-0.3, -0.25) is 4.79 Å². The molecule has 19 heavy (non-hydrogen) atoms. The molecule has 0 atom stereocenters. The number of rotatable bonds is 4. The smallest absolute Gasteiger partial charge is 0.167 e. The molecule has 2 rings (SSSR count). The van der Waals surface area contributed by atoms with Crippen LogP contribution in [0, 0.1) is 13.8 Å². The number of aryl methyl sites for hydroxylation is 2. The minimum Gasteiger partial charge on any atom is -0.507 e. The first-order chi connectivity index (χ1) is 9.08. The third kappa shape index (κ3) is 3.55. The Morgan fingerprint density at radius 3 is 2.68 bits per heavy atom. The molecule has 0 amide bonds. The zero-order valence-electron chi connectivity index (χ0n) is 11.7. The van der Waals surface area contributed by atoms with Gasteiger partial charge in [-0.15, -0.1) is 0 Å². The summed E-state index contributed by atoms with van der Waals surface area (Å²) in [4.78, 5) is 14.5. The summed E-state index contributed by atoms with van der Waals surface area (Å²) in [5.74, 6) is 0.166. The number of carbonyl (C=O) groups is 1. The van der Waals surface area contributed by atoms with E-state index in [1.807, 2.05) is 19.9 Å². The molecule has 0 aliphatic carbocycles. The van der Waals surface area contributed by atoms with Gasteiger partial charge in [0, 0.05) is 39.1 Å². The molecule has 0 saturated carbocycles. The van der Waals surface area contributed by atoms with E-state index in [1.165, 1.54) is 0 Å². The molecule has 0 unspecified atom stereocenters. The Kier molecular flexibility index (Phi) is 4.56. The molecule has 1 aliphatic rings. The number of phenols is 1. The molecule has 4 heteroatoms. The summed E-state index contributed by atoms with van der Waals surface area (Å²) in [6, 6.07) is 3.67. The number of Topliss-reactive ketones (excluding diaryl/α,β-unsaturated/α-hetero) is 1. The topological polar surface area (TPSA) is 52.6 Å². The van der Waals surface area contributed by atoms with Gasteiger partial charge in [0.2, 0.25) is 0 Å². The minimum atomic E-state index is 0.0304. The maximum Gasteiger partial charge on any atom is 0.167 e. The Balaban J connectivity index is 1.99. The van der Waals surface area contributed by atoms with Gasteiger partial charge in [0.05, 0.1) is 5.56 Å². The van der Waals surface area contributed by atoms with E-state index in [2.05, 4.69) is 10.2 Å². The molecule has 0 radical (unpaired) electrons. The van der Waals surface area contributed by atoms with E-state index in [0.717, 1.165) is 43.9 Å². The largest absolute Gasteiger partial charge is 0.507 e. The quantitative estimate of drug-likeness (QED) is 0.807. The number of ketones is 1. The number of phenolic OH excluding ortho intramolecular Hbond substituents is 1. The predicted molar refractivity (Wildman–Crippen MR) is 75.8 cm³/mol. The number of nitrogens with one attached hydrogen (secondary N) is 1. The standard InChI is InChI=1S/C15H22N2O2/c1-11-9-12(2)15(19)13(10-11)14(18)3-6-17-7-4-16-5-8-17/h9-10,16,19H,3-8H2,1-2H3. The van der Waals surface area contributed by atoms with Crippen molar-refractivity contribution < 1.29 is 9.90 Å². The van der Waals surface area contributed by atoms with Gasteiger partial charge < -0.3 is 15.3 Å². The van der Waals surface area contributed by atoms with Gasteiger partial charge in [-0.05, 0) is 31.0 Å². The lowest BCUT2D eigenvalue weighted by atomic mass is 10.0. The lowest BCUT2D eigenvalue weighted by Gasteiger charge is -2.26. The second-order valence-electron chi connectivity index (χ2n) is 5.24. The van der Waals surface area contributed by atoms with Gasteiger partial charge in [0.1, 0.15) is 5.75 Å². The first-order valence-electron chi connectivity index (χ1n) is 6.84. The maximum absolute atomic E-state index is 12.2. The van der Waals surface area contributed by atoms with Crippen LogP contribution in [0.5, 0.6) is 5.75 Å². The van der Waals surface area contributed by atoms with Gasteiger partial charge >= 0.3 is 0 Å². The highest BCUT2D eigenvalue weighted by Crippen LogP contribution is 2.24. The number of hydrogen-bond acceptors (Lipinski definition) is 4. The molecular weight excluding hydrogens is 240 g/mol. The SMILES string of the molecule is Cc1cc(C)c(O)c(C(=O)CCN2CCNCC2)c1. The highest BCUT2D eigenvalue weighted by molar-refractivity contribution is 5.99. The summed E-state index contributed by atoms with van der Waals surface area (Å²) in [5, 5.41) is 13.3. The van der Waals surface area contributed by atoms with Crippen molar-refractivity contribution in [2.45, 2.75) is 20.3 Å². The lowest BCUT2D eigenvalue weighted by molar-refractivity contribution is 0.0958. The van der Waals surface area contributed by atoms with E-state index in [1.54, 1.807) is 6.07 Å². The average molecular weight is 262 g/mol. The van der Waals surface area contributed by atoms with Crippen LogP contribution >= 0.6 is 0 Å². The number of hydrogen-bond donors (Lipinski definition) is 2. The molecule has 1 saturated heterocycles. The lowest BCUT2D eigenvalue weighted by Crippen LogP contribution is -2.44. The second kappa shape index (κ2) is 6.17. The molecule has 0 bridgehead atoms. The van der Waals surface area contributed by atoms with Crippen molar-refractivity contribution >= 4 is 5.78 Å². The van der Waals surface area contributed by atoms with Gasteiger partial charge in [-0.1, -0.05) is 6.07 Å². The number of aromatic hydroxyl groups is 1. The van der Waals surface area contributed by atoms with Crippen LogP contribution in [0.15, 0.2) is 12.1 Å². The molecule has 1 heterocycles. The van der Waals surface area contributed by atoms with E-state index < -0.39 is 0 Å². The van der Waals surface area contributed by atoms with E-state index >= 15 is 0 Å². The first kappa shape index (κ1) is 14.0. The average Bonchev–Trinajstić information content (AvgIpc) is 2.41. The molecule has 1 aromatic carbocycles. The minimum absolute atomic E-state index is 0.0304. The fourth-order valence-electron chi connectivity index (χ4n) is 2.50. The van der Waals surface area contributed by atoms with Crippen LogP contribution in [0.4, 0.5) is 0 Å². The number of benzene rings is 1. The fourth-order valence-corrected chi connectivity index (χ4v) is 2.50. The van der Waals surface area contributed by atoms with Gasteiger partial charge in [0.15, 0.2) is 5.78 Å². The van der Waals surface area contributed by atoms with Gasteiger partial charge in [0.25, 0.3) is 0 Å². The van der Waals surface area contributed by atoms with Crippen LogP contribution in [0.1, 0.15) is 27.9 Å². The van der Waals surface area contributed by atoms with Crippen LogP contribution in [-0.4, -0.2) is 48.5 Å². The molecule has 1 fully saturated rings. The normalized spacial score (nSPS) is 16.5. The van der Waals surface area contributed by atoms with Crippen LogP contribution in [0.2, 0.25) is 0 Å². The number of piperazine rings is 1. The third-order valence-corrected chi connectivity index (χ3v) is 3.61. The molecule has 1 aliphatic heterocycles. The van der Waals surface area contributed by atoms with Gasteiger partial charge in [-0.2, -0.15) is 0 Å². The van der Waals surface area contributed by atoms with E-state index in [-0.39, 0.29) is 11.5 Å². The molecule has 4 nitrogen and oxygen atoms in total. The summed E-state index contributed by atoms with van der Waals surface area (Å²) in [5.41, 5.74) is 2.25. The van der Waals surface area contributed by atoms with Crippen LogP contribution in [0.3, 0.4) is 0 Å². The highest BCUT2D eigenvalue weighted by Gasteiger charge is 2.16. The number of carbonyl (C=O) groups excluding carboxylic acids is 1. The van der Waals surface area contributed by atoms with E-state index in [4.69, 9.17) is 0 Å². The van der Waals surface area contributed by atoms with Crippen LogP contribution in [-0.2, 0) is 0 Å². The van der Waals surface area contributed by atoms with Crippen molar-refractivity contribution in [1.82, 2.24) is 10.2 Å². The highest BCUT2D eigenvalue weighted by atomic mass is 16.3. The van der Waals surface area contributed by atoms with Crippen molar-refractivity contribution in [3.8, 4) is 5.75 Å². The van der Waals surface area contributed by atoms with E-state index in [0.29, 0.717) is 12.0 Å². The maximum atomic E-state index is 12.2. The Morgan fingerprint density at radius 2 is 2.00 bits per heavy atom. The van der Waals surface area contributed by atoms with Crippen molar-refractivity contribution in [3.63, 3.8) is 0 Å². The Labute approximate surface area is 114 Å². The monoisotopic (exact) mass is 262 g/mol. The van der Waals surface area contributed by atoms with E-state index in [9.17, 15) is 9.90 Å². The second-order valence-corrected chi connectivity index (χ2v) is 5.24. The molecule has 104 valence electrons. The number of nitrogens with zero attached hydrogens (tertiary/aromatic N) is 1. The summed E-state index contributed by atoms with van der Waals surface area (Å²) >= 11 is 0. The zero-order valence-corrected chi connectivity index (χ0v) is 11.7. The van der Waals surface area contributed by atoms with Gasteiger partial charge in [-0.25, -0.2) is 0 Å². The summed E-state index contributed by atoms with van der Waals surface area (Å²) in [6.45, 7) is 8.51. The zero-order chi connectivity index (χ0) is 13.8. The summed E-state index contributed by atoms with van der Waals surface area (Å²) in [7, 11) is 0. The van der Waals surface area contributed by atoms with Crippen LogP contribution < -0.4 is 5.32 Å². The van der Waals surface area contributed by atoms with Crippen molar-refractivity contribution in [1.29, 1.82) is 0 Å². The first-order valence-corrected chi connectivity index (χ1v) is 6.84. The summed E-state index contributed by atoms with van der Waals surface area (Å²) in [6.07, 6.45) is 0.469. The van der Waals surface area contributed by atoms with Crippen molar-refractivity contribution in [3.05, 3.63) is 28.8 Å².